The van der Waals surface area contributed by atoms with Gasteiger partial charge in [-0.05, 0) is 38.5 Å². The van der Waals surface area contributed by atoms with E-state index in [4.69, 9.17) is 19.2 Å². The fourth-order valence-electron chi connectivity index (χ4n) is 4.09. The second-order valence-electron chi connectivity index (χ2n) is 7.72. The molecule has 0 saturated carbocycles. The van der Waals surface area contributed by atoms with Gasteiger partial charge in [-0.15, -0.1) is 0 Å². The van der Waals surface area contributed by atoms with Gasteiger partial charge in [0.05, 0.1) is 38.2 Å². The fraction of sp³-hybridized carbons (Fsp3) is 0.304. The molecule has 0 bridgehead atoms. The van der Waals surface area contributed by atoms with Crippen LogP contribution in [0.3, 0.4) is 0 Å². The number of amides is 1. The van der Waals surface area contributed by atoms with Crippen LogP contribution in [0.1, 0.15) is 31.9 Å². The highest BCUT2D eigenvalue weighted by Crippen LogP contribution is 2.47. The molecule has 2 heterocycles. The van der Waals surface area contributed by atoms with Crippen molar-refractivity contribution in [2.24, 2.45) is 4.99 Å². The zero-order valence-electron chi connectivity index (χ0n) is 17.5. The van der Waals surface area contributed by atoms with Crippen LogP contribution in [0.2, 0.25) is 0 Å². The van der Waals surface area contributed by atoms with E-state index < -0.39 is 5.54 Å². The lowest BCUT2D eigenvalue weighted by molar-refractivity contribution is -0.112. The van der Waals surface area contributed by atoms with Gasteiger partial charge in [0, 0.05) is 29.3 Å². The third-order valence-corrected chi connectivity index (χ3v) is 5.35. The number of anilines is 1. The molecule has 0 N–H and O–H groups in total. The maximum atomic E-state index is 13.5. The Hall–Kier alpha value is -3.28. The topological polar surface area (TPSA) is 60.4 Å². The molecule has 150 valence electrons. The second kappa shape index (κ2) is 6.65. The van der Waals surface area contributed by atoms with E-state index >= 15 is 0 Å². The van der Waals surface area contributed by atoms with E-state index in [2.05, 4.69) is 13.0 Å². The van der Waals surface area contributed by atoms with Crippen molar-refractivity contribution in [1.82, 2.24) is 0 Å². The summed E-state index contributed by atoms with van der Waals surface area (Å²) in [6.07, 6.45) is 2.11. The lowest BCUT2D eigenvalue weighted by Gasteiger charge is -2.38. The average molecular weight is 392 g/mol. The Morgan fingerprint density at radius 1 is 0.862 bits per heavy atom. The van der Waals surface area contributed by atoms with E-state index in [1.165, 1.54) is 0 Å². The van der Waals surface area contributed by atoms with Crippen LogP contribution in [0.25, 0.3) is 5.57 Å². The van der Waals surface area contributed by atoms with Gasteiger partial charge in [0.2, 0.25) is 0 Å². The predicted octanol–water partition coefficient (Wildman–Crippen LogP) is 4.38. The van der Waals surface area contributed by atoms with Gasteiger partial charge >= 0.3 is 0 Å². The molecule has 2 aromatic carbocycles. The van der Waals surface area contributed by atoms with Crippen molar-refractivity contribution >= 4 is 28.6 Å². The maximum absolute atomic E-state index is 13.5. The first-order valence-corrected chi connectivity index (χ1v) is 9.37. The van der Waals surface area contributed by atoms with Gasteiger partial charge in [-0.25, -0.2) is 4.99 Å². The van der Waals surface area contributed by atoms with Gasteiger partial charge in [-0.3, -0.25) is 9.69 Å². The van der Waals surface area contributed by atoms with Crippen LogP contribution in [-0.4, -0.2) is 38.5 Å². The third kappa shape index (κ3) is 2.95. The van der Waals surface area contributed by atoms with Crippen molar-refractivity contribution in [2.45, 2.75) is 26.3 Å². The number of benzene rings is 2. The molecule has 6 heteroatoms. The largest absolute Gasteiger partial charge is 0.497 e. The minimum Gasteiger partial charge on any atom is -0.497 e. The molecule has 1 amide bonds. The summed E-state index contributed by atoms with van der Waals surface area (Å²) >= 11 is 0. The Morgan fingerprint density at radius 3 is 2.00 bits per heavy atom. The molecule has 0 unspecified atom stereocenters. The number of rotatable bonds is 4. The number of aliphatic imine (C=N–C) groups is 1. The molecule has 0 atom stereocenters. The van der Waals surface area contributed by atoms with Crippen LogP contribution in [-0.2, 0) is 4.79 Å². The molecule has 0 aliphatic carbocycles. The fourth-order valence-corrected chi connectivity index (χ4v) is 4.09. The van der Waals surface area contributed by atoms with E-state index in [-0.39, 0.29) is 5.91 Å². The van der Waals surface area contributed by atoms with Gasteiger partial charge in [0.1, 0.15) is 23.0 Å². The molecule has 2 aromatic rings. The Bertz CT molecular complexity index is 1060. The Balaban J connectivity index is 1.96. The van der Waals surface area contributed by atoms with Crippen molar-refractivity contribution in [3.05, 3.63) is 47.5 Å². The van der Waals surface area contributed by atoms with Crippen molar-refractivity contribution < 1.29 is 19.0 Å². The smallest absolute Gasteiger partial charge is 0.278 e. The summed E-state index contributed by atoms with van der Waals surface area (Å²) in [6.45, 7) is 6.12. The van der Waals surface area contributed by atoms with Crippen LogP contribution in [0.4, 0.5) is 11.4 Å². The minimum atomic E-state index is -0.457. The van der Waals surface area contributed by atoms with Crippen LogP contribution in [0.5, 0.6) is 17.2 Å². The van der Waals surface area contributed by atoms with Crippen molar-refractivity contribution in [2.75, 3.05) is 26.2 Å². The van der Waals surface area contributed by atoms with Crippen LogP contribution in [0, 0.1) is 0 Å². The highest BCUT2D eigenvalue weighted by Gasteiger charge is 2.45. The molecule has 4 rings (SSSR count). The zero-order chi connectivity index (χ0) is 20.9. The highest BCUT2D eigenvalue weighted by molar-refractivity contribution is 6.55. The van der Waals surface area contributed by atoms with E-state index in [0.29, 0.717) is 28.6 Å². The number of hydrogen-bond acceptors (Lipinski definition) is 5. The number of ether oxygens (including phenoxy) is 3. The third-order valence-electron chi connectivity index (χ3n) is 5.35. The van der Waals surface area contributed by atoms with Crippen LogP contribution < -0.4 is 19.1 Å². The molecule has 29 heavy (non-hydrogen) atoms. The van der Waals surface area contributed by atoms with Crippen molar-refractivity contribution in [3.8, 4) is 17.2 Å². The summed E-state index contributed by atoms with van der Waals surface area (Å²) in [6, 6.07) is 9.17. The van der Waals surface area contributed by atoms with E-state index in [1.807, 2.05) is 30.9 Å². The number of hydrogen-bond donors (Lipinski definition) is 0. The molecule has 2 aliphatic rings. The van der Waals surface area contributed by atoms with Crippen LogP contribution >= 0.6 is 0 Å². The van der Waals surface area contributed by atoms with Gasteiger partial charge in [0.15, 0.2) is 0 Å². The van der Waals surface area contributed by atoms with E-state index in [1.54, 1.807) is 39.5 Å². The number of nitrogens with zero attached hydrogens (tertiary/aromatic N) is 2. The Kier molecular flexibility index (Phi) is 4.37. The van der Waals surface area contributed by atoms with E-state index in [9.17, 15) is 4.79 Å². The van der Waals surface area contributed by atoms with Gasteiger partial charge in [-0.2, -0.15) is 0 Å². The molecular formula is C23H24N2O4. The number of methoxy groups -OCH3 is 3. The normalized spacial score (nSPS) is 17.9. The van der Waals surface area contributed by atoms with E-state index in [0.717, 1.165) is 22.4 Å². The number of carbonyl (C=O) groups is 1. The second-order valence-corrected chi connectivity index (χ2v) is 7.72. The number of allylic oxidation sites excluding steroid dienone is 1. The van der Waals surface area contributed by atoms with Gasteiger partial charge in [-0.1, -0.05) is 6.08 Å². The molecule has 0 saturated heterocycles. The predicted molar refractivity (Wildman–Crippen MR) is 114 cm³/mol. The highest BCUT2D eigenvalue weighted by atomic mass is 16.5. The zero-order valence-corrected chi connectivity index (χ0v) is 17.5. The minimum absolute atomic E-state index is 0.134. The first-order valence-electron chi connectivity index (χ1n) is 9.37. The molecule has 0 radical (unpaired) electrons. The standard InChI is InChI=1S/C23H24N2O4/c1-13-12-23(2,3)25-21-18(13)10-17(29-6)11-19(21)20(22(25)26)24-14-7-15(27-4)9-16(8-14)28-5/h7-12H,1-6H3. The average Bonchev–Trinajstić information content (AvgIpc) is 2.98. The summed E-state index contributed by atoms with van der Waals surface area (Å²) in [4.78, 5) is 20.0. The first-order chi connectivity index (χ1) is 13.8. The Morgan fingerprint density at radius 2 is 1.41 bits per heavy atom. The summed E-state index contributed by atoms with van der Waals surface area (Å²) in [7, 11) is 4.79. The van der Waals surface area contributed by atoms with Crippen molar-refractivity contribution in [3.63, 3.8) is 0 Å². The molecular weight excluding hydrogens is 368 g/mol. The summed E-state index contributed by atoms with van der Waals surface area (Å²) in [5.41, 5.74) is 4.26. The molecule has 0 aromatic heterocycles. The molecule has 2 aliphatic heterocycles. The van der Waals surface area contributed by atoms with Crippen LogP contribution in [0.15, 0.2) is 41.4 Å². The quantitative estimate of drug-likeness (QED) is 0.775. The van der Waals surface area contributed by atoms with Gasteiger partial charge in [0.25, 0.3) is 5.91 Å². The molecule has 0 fully saturated rings. The first kappa shape index (κ1) is 19.1. The summed E-state index contributed by atoms with van der Waals surface area (Å²) < 4.78 is 16.2. The lowest BCUT2D eigenvalue weighted by Crippen LogP contribution is -2.47. The maximum Gasteiger partial charge on any atom is 0.278 e. The van der Waals surface area contributed by atoms with Gasteiger partial charge < -0.3 is 14.2 Å². The molecule has 0 spiro atoms. The van der Waals surface area contributed by atoms with Crippen molar-refractivity contribution in [1.29, 1.82) is 0 Å². The lowest BCUT2D eigenvalue weighted by atomic mass is 9.89. The SMILES string of the molecule is COc1cc(N=C2C(=O)N3c4c(cc(OC)cc42)C(C)=CC3(C)C)cc(OC)c1. The Labute approximate surface area is 170 Å². The summed E-state index contributed by atoms with van der Waals surface area (Å²) in [5, 5.41) is 0. The number of carbonyl (C=O) groups excluding carboxylic acids is 1. The monoisotopic (exact) mass is 392 g/mol. The molecule has 6 nitrogen and oxygen atoms in total. The summed E-state index contributed by atoms with van der Waals surface area (Å²) in [5.74, 6) is 1.78.